The van der Waals surface area contributed by atoms with Gasteiger partial charge >= 0.3 is 0 Å². The maximum Gasteiger partial charge on any atom is 0.220 e. The molecule has 0 spiro atoms. The molecule has 1 atom stereocenters. The average Bonchev–Trinajstić information content (AvgIpc) is 2.96. The van der Waals surface area contributed by atoms with Gasteiger partial charge in [0.15, 0.2) is 0 Å². The molecule has 1 fully saturated rings. The highest BCUT2D eigenvalue weighted by molar-refractivity contribution is 5.75. The van der Waals surface area contributed by atoms with Crippen LogP contribution in [0.1, 0.15) is 37.7 Å². The molecule has 1 N–H and O–H groups in total. The molecule has 1 saturated heterocycles. The van der Waals surface area contributed by atoms with Crippen molar-refractivity contribution in [1.29, 1.82) is 0 Å². The number of ether oxygens (including phenoxy) is 1. The lowest BCUT2D eigenvalue weighted by Crippen LogP contribution is -2.31. The smallest absolute Gasteiger partial charge is 0.220 e. The number of hydrogen-bond donors (Lipinski definition) is 1. The predicted octanol–water partition coefficient (Wildman–Crippen LogP) is 2.69. The third-order valence-corrected chi connectivity index (χ3v) is 3.51. The third kappa shape index (κ3) is 5.43. The van der Waals surface area contributed by atoms with E-state index in [-0.39, 0.29) is 12.0 Å². The Balaban J connectivity index is 1.51. The van der Waals surface area contributed by atoms with Crippen LogP contribution >= 0.6 is 0 Å². The number of carbonyl (C=O) groups excluding carboxylic acids is 1. The Morgan fingerprint density at radius 3 is 2.84 bits per heavy atom. The fourth-order valence-corrected chi connectivity index (χ4v) is 2.38. The molecular weight excluding hydrogens is 238 g/mol. The average molecular weight is 261 g/mol. The summed E-state index contributed by atoms with van der Waals surface area (Å²) in [5.74, 6) is 0.156. The van der Waals surface area contributed by atoms with Crippen LogP contribution in [0.4, 0.5) is 0 Å². The first-order valence-electron chi connectivity index (χ1n) is 7.27. The van der Waals surface area contributed by atoms with E-state index in [9.17, 15) is 4.79 Å². The number of hydrogen-bond acceptors (Lipinski definition) is 2. The Labute approximate surface area is 115 Å². The summed E-state index contributed by atoms with van der Waals surface area (Å²) in [5, 5.41) is 2.96. The van der Waals surface area contributed by atoms with Gasteiger partial charge in [-0.05, 0) is 37.7 Å². The Bertz CT molecular complexity index is 372. The lowest BCUT2D eigenvalue weighted by Gasteiger charge is -2.10. The van der Waals surface area contributed by atoms with Crippen molar-refractivity contribution in [2.75, 3.05) is 13.2 Å². The summed E-state index contributed by atoms with van der Waals surface area (Å²) < 4.78 is 5.47. The molecule has 0 bridgehead atoms. The SMILES string of the molecule is O=C(CCCCc1ccccc1)NCC1CCCO1. The second kappa shape index (κ2) is 7.95. The van der Waals surface area contributed by atoms with E-state index in [2.05, 4.69) is 29.6 Å². The molecule has 1 aliphatic heterocycles. The first-order chi connectivity index (χ1) is 9.34. The third-order valence-electron chi connectivity index (χ3n) is 3.51. The fourth-order valence-electron chi connectivity index (χ4n) is 2.38. The van der Waals surface area contributed by atoms with Crippen molar-refractivity contribution in [3.05, 3.63) is 35.9 Å². The Kier molecular flexibility index (Phi) is 5.89. The minimum Gasteiger partial charge on any atom is -0.376 e. The van der Waals surface area contributed by atoms with Crippen LogP contribution in [0.15, 0.2) is 30.3 Å². The summed E-state index contributed by atoms with van der Waals surface area (Å²) in [6.07, 6.45) is 6.14. The number of aryl methyl sites for hydroxylation is 1. The van der Waals surface area contributed by atoms with Gasteiger partial charge in [0.25, 0.3) is 0 Å². The Hall–Kier alpha value is -1.35. The van der Waals surface area contributed by atoms with E-state index in [4.69, 9.17) is 4.74 Å². The number of unbranched alkanes of at least 4 members (excludes halogenated alkanes) is 1. The van der Waals surface area contributed by atoms with Gasteiger partial charge in [0, 0.05) is 19.6 Å². The van der Waals surface area contributed by atoms with Gasteiger partial charge in [-0.15, -0.1) is 0 Å². The summed E-state index contributed by atoms with van der Waals surface area (Å²) in [6, 6.07) is 10.4. The van der Waals surface area contributed by atoms with E-state index in [1.165, 1.54) is 5.56 Å². The highest BCUT2D eigenvalue weighted by atomic mass is 16.5. The van der Waals surface area contributed by atoms with Gasteiger partial charge in [0.05, 0.1) is 6.10 Å². The molecular formula is C16H23NO2. The molecule has 1 aromatic rings. The van der Waals surface area contributed by atoms with Gasteiger partial charge in [-0.2, -0.15) is 0 Å². The van der Waals surface area contributed by atoms with Crippen molar-refractivity contribution in [3.63, 3.8) is 0 Å². The monoisotopic (exact) mass is 261 g/mol. The number of nitrogens with one attached hydrogen (secondary N) is 1. The Morgan fingerprint density at radius 1 is 1.26 bits per heavy atom. The van der Waals surface area contributed by atoms with Gasteiger partial charge in [-0.25, -0.2) is 0 Å². The zero-order valence-corrected chi connectivity index (χ0v) is 11.4. The second-order valence-corrected chi connectivity index (χ2v) is 5.13. The minimum atomic E-state index is 0.156. The fraction of sp³-hybridized carbons (Fsp3) is 0.562. The van der Waals surface area contributed by atoms with Gasteiger partial charge in [0.2, 0.25) is 5.91 Å². The maximum absolute atomic E-state index is 11.6. The predicted molar refractivity (Wildman–Crippen MR) is 76.0 cm³/mol. The summed E-state index contributed by atoms with van der Waals surface area (Å²) >= 11 is 0. The van der Waals surface area contributed by atoms with Gasteiger partial charge in [-0.3, -0.25) is 4.79 Å². The minimum absolute atomic E-state index is 0.156. The quantitative estimate of drug-likeness (QED) is 0.766. The topological polar surface area (TPSA) is 38.3 Å². The molecule has 3 heteroatoms. The van der Waals surface area contributed by atoms with E-state index in [0.717, 1.165) is 38.7 Å². The van der Waals surface area contributed by atoms with Crippen molar-refractivity contribution < 1.29 is 9.53 Å². The zero-order valence-electron chi connectivity index (χ0n) is 11.4. The highest BCUT2D eigenvalue weighted by Gasteiger charge is 2.15. The molecule has 1 unspecified atom stereocenters. The van der Waals surface area contributed by atoms with Crippen LogP contribution in [-0.4, -0.2) is 25.2 Å². The second-order valence-electron chi connectivity index (χ2n) is 5.13. The van der Waals surface area contributed by atoms with E-state index < -0.39 is 0 Å². The van der Waals surface area contributed by atoms with Gasteiger partial charge in [0.1, 0.15) is 0 Å². The molecule has 1 aromatic carbocycles. The first kappa shape index (κ1) is 14.1. The summed E-state index contributed by atoms with van der Waals surface area (Å²) in [4.78, 5) is 11.6. The summed E-state index contributed by atoms with van der Waals surface area (Å²) in [6.45, 7) is 1.52. The number of rotatable bonds is 7. The molecule has 3 nitrogen and oxygen atoms in total. The van der Waals surface area contributed by atoms with Gasteiger partial charge in [-0.1, -0.05) is 30.3 Å². The van der Waals surface area contributed by atoms with Crippen molar-refractivity contribution >= 4 is 5.91 Å². The molecule has 104 valence electrons. The Morgan fingerprint density at radius 2 is 2.11 bits per heavy atom. The van der Waals surface area contributed by atoms with E-state index in [0.29, 0.717) is 13.0 Å². The van der Waals surface area contributed by atoms with Crippen LogP contribution in [0.2, 0.25) is 0 Å². The molecule has 2 rings (SSSR count). The highest BCUT2D eigenvalue weighted by Crippen LogP contribution is 2.11. The van der Waals surface area contributed by atoms with Crippen LogP contribution in [0, 0.1) is 0 Å². The van der Waals surface area contributed by atoms with E-state index >= 15 is 0 Å². The zero-order chi connectivity index (χ0) is 13.3. The molecule has 1 aliphatic rings. The summed E-state index contributed by atoms with van der Waals surface area (Å²) in [7, 11) is 0. The maximum atomic E-state index is 11.6. The largest absolute Gasteiger partial charge is 0.376 e. The van der Waals surface area contributed by atoms with Crippen LogP contribution in [0.5, 0.6) is 0 Å². The first-order valence-corrected chi connectivity index (χ1v) is 7.27. The molecule has 0 aromatic heterocycles. The molecule has 0 saturated carbocycles. The van der Waals surface area contributed by atoms with Crippen molar-refractivity contribution in [2.45, 2.75) is 44.6 Å². The molecule has 0 aliphatic carbocycles. The number of carbonyl (C=O) groups is 1. The van der Waals surface area contributed by atoms with Crippen LogP contribution < -0.4 is 5.32 Å². The number of benzene rings is 1. The standard InChI is InChI=1S/C16H23NO2/c18-16(17-13-15-10-6-12-19-15)11-5-4-9-14-7-2-1-3-8-14/h1-3,7-8,15H,4-6,9-13H2,(H,17,18). The lowest BCUT2D eigenvalue weighted by atomic mass is 10.1. The van der Waals surface area contributed by atoms with Crippen molar-refractivity contribution in [1.82, 2.24) is 5.32 Å². The van der Waals surface area contributed by atoms with Crippen LogP contribution in [0.3, 0.4) is 0 Å². The van der Waals surface area contributed by atoms with Crippen molar-refractivity contribution in [2.24, 2.45) is 0 Å². The molecule has 19 heavy (non-hydrogen) atoms. The molecule has 1 amide bonds. The lowest BCUT2D eigenvalue weighted by molar-refractivity contribution is -0.121. The molecule has 1 heterocycles. The van der Waals surface area contributed by atoms with Crippen molar-refractivity contribution in [3.8, 4) is 0 Å². The number of amides is 1. The van der Waals surface area contributed by atoms with Crippen LogP contribution in [0.25, 0.3) is 0 Å². The van der Waals surface area contributed by atoms with E-state index in [1.54, 1.807) is 0 Å². The van der Waals surface area contributed by atoms with E-state index in [1.807, 2.05) is 6.07 Å². The normalized spacial score (nSPS) is 18.4. The van der Waals surface area contributed by atoms with Crippen LogP contribution in [-0.2, 0) is 16.0 Å². The van der Waals surface area contributed by atoms with Gasteiger partial charge < -0.3 is 10.1 Å². The summed E-state index contributed by atoms with van der Waals surface area (Å²) in [5.41, 5.74) is 1.35. The molecule has 0 radical (unpaired) electrons.